The monoisotopic (exact) mass is 193 g/mol. The minimum absolute atomic E-state index is 0.163. The first-order valence-electron chi connectivity index (χ1n) is 5.46. The maximum absolute atomic E-state index is 5.94. The number of aromatic nitrogens is 2. The molecule has 2 rings (SSSR count). The molecule has 3 heteroatoms. The molecular formula is C11H19N3. The van der Waals surface area contributed by atoms with Crippen molar-refractivity contribution in [2.45, 2.75) is 37.5 Å². The molecule has 0 bridgehead atoms. The molecule has 1 aromatic heterocycles. The smallest absolute Gasteiger partial charge is 0.115 e. The van der Waals surface area contributed by atoms with Crippen LogP contribution in [-0.2, 0) is 12.5 Å². The molecule has 1 saturated carbocycles. The lowest BCUT2D eigenvalue weighted by atomic mass is 9.73. The Morgan fingerprint density at radius 1 is 1.43 bits per heavy atom. The van der Waals surface area contributed by atoms with Crippen LogP contribution in [0.3, 0.4) is 0 Å². The molecule has 3 nitrogen and oxygen atoms in total. The van der Waals surface area contributed by atoms with E-state index < -0.39 is 0 Å². The summed E-state index contributed by atoms with van der Waals surface area (Å²) in [4.78, 5) is 4.47. The molecule has 0 aromatic carbocycles. The molecule has 2 N–H and O–H groups in total. The Balaban J connectivity index is 2.31. The molecule has 0 aliphatic heterocycles. The predicted octanol–water partition coefficient (Wildman–Crippen LogP) is 1.58. The molecule has 0 saturated heterocycles. The second kappa shape index (κ2) is 3.73. The minimum atomic E-state index is 0.163. The fourth-order valence-corrected chi connectivity index (χ4v) is 2.62. The highest BCUT2D eigenvalue weighted by molar-refractivity contribution is 5.12. The van der Waals surface area contributed by atoms with Gasteiger partial charge in [0.1, 0.15) is 5.82 Å². The van der Waals surface area contributed by atoms with Crippen LogP contribution in [0.1, 0.15) is 37.9 Å². The SMILES string of the molecule is Cn1ccnc1C1(CN)CCCCC1. The van der Waals surface area contributed by atoms with Gasteiger partial charge < -0.3 is 10.3 Å². The van der Waals surface area contributed by atoms with E-state index in [1.54, 1.807) is 0 Å². The van der Waals surface area contributed by atoms with Crippen molar-refractivity contribution >= 4 is 0 Å². The Labute approximate surface area is 85.3 Å². The Morgan fingerprint density at radius 3 is 2.64 bits per heavy atom. The number of imidazole rings is 1. The first kappa shape index (κ1) is 9.71. The van der Waals surface area contributed by atoms with E-state index >= 15 is 0 Å². The van der Waals surface area contributed by atoms with Gasteiger partial charge in [0.2, 0.25) is 0 Å². The molecule has 0 unspecified atom stereocenters. The first-order valence-corrected chi connectivity index (χ1v) is 5.46. The molecular weight excluding hydrogens is 174 g/mol. The number of aryl methyl sites for hydroxylation is 1. The Kier molecular flexibility index (Phi) is 2.59. The van der Waals surface area contributed by atoms with Crippen LogP contribution >= 0.6 is 0 Å². The van der Waals surface area contributed by atoms with Crippen molar-refractivity contribution < 1.29 is 0 Å². The van der Waals surface area contributed by atoms with Crippen LogP contribution in [0.25, 0.3) is 0 Å². The predicted molar refractivity (Wildman–Crippen MR) is 57.0 cm³/mol. The quantitative estimate of drug-likeness (QED) is 0.775. The van der Waals surface area contributed by atoms with Gasteiger partial charge in [-0.2, -0.15) is 0 Å². The summed E-state index contributed by atoms with van der Waals surface area (Å²) in [6.45, 7) is 0.734. The zero-order valence-corrected chi connectivity index (χ0v) is 8.87. The van der Waals surface area contributed by atoms with Crippen LogP contribution in [0, 0.1) is 0 Å². The summed E-state index contributed by atoms with van der Waals surface area (Å²) >= 11 is 0. The van der Waals surface area contributed by atoms with Crippen molar-refractivity contribution in [2.75, 3.05) is 6.54 Å². The molecule has 1 aliphatic rings. The van der Waals surface area contributed by atoms with E-state index in [2.05, 4.69) is 16.6 Å². The lowest BCUT2D eigenvalue weighted by Crippen LogP contribution is -2.39. The summed E-state index contributed by atoms with van der Waals surface area (Å²) < 4.78 is 2.12. The fraction of sp³-hybridized carbons (Fsp3) is 0.727. The van der Waals surface area contributed by atoms with Gasteiger partial charge in [0, 0.05) is 31.4 Å². The number of hydrogen-bond acceptors (Lipinski definition) is 2. The van der Waals surface area contributed by atoms with Gasteiger partial charge in [0.15, 0.2) is 0 Å². The third-order valence-corrected chi connectivity index (χ3v) is 3.50. The van der Waals surface area contributed by atoms with Gasteiger partial charge in [-0.25, -0.2) is 4.98 Å². The van der Waals surface area contributed by atoms with Crippen molar-refractivity contribution in [3.63, 3.8) is 0 Å². The zero-order valence-electron chi connectivity index (χ0n) is 8.87. The summed E-state index contributed by atoms with van der Waals surface area (Å²) in [5.74, 6) is 1.18. The number of rotatable bonds is 2. The highest BCUT2D eigenvalue weighted by Gasteiger charge is 2.35. The van der Waals surface area contributed by atoms with Crippen LogP contribution in [0.15, 0.2) is 12.4 Å². The maximum atomic E-state index is 5.94. The molecule has 1 aliphatic carbocycles. The minimum Gasteiger partial charge on any atom is -0.338 e. The van der Waals surface area contributed by atoms with Crippen molar-refractivity contribution in [1.29, 1.82) is 0 Å². The average molecular weight is 193 g/mol. The number of nitrogens with two attached hydrogens (primary N) is 1. The van der Waals surface area contributed by atoms with Crippen molar-refractivity contribution in [3.8, 4) is 0 Å². The lowest BCUT2D eigenvalue weighted by Gasteiger charge is -2.35. The third-order valence-electron chi connectivity index (χ3n) is 3.50. The second-order valence-corrected chi connectivity index (χ2v) is 4.41. The maximum Gasteiger partial charge on any atom is 0.115 e. The van der Waals surface area contributed by atoms with E-state index in [0.29, 0.717) is 0 Å². The van der Waals surface area contributed by atoms with E-state index in [1.165, 1.54) is 37.9 Å². The summed E-state index contributed by atoms with van der Waals surface area (Å²) in [6, 6.07) is 0. The number of nitrogens with zero attached hydrogens (tertiary/aromatic N) is 2. The summed E-state index contributed by atoms with van der Waals surface area (Å²) in [6.07, 6.45) is 10.2. The van der Waals surface area contributed by atoms with Crippen LogP contribution in [0.4, 0.5) is 0 Å². The molecule has 0 atom stereocenters. The Morgan fingerprint density at radius 2 is 2.14 bits per heavy atom. The zero-order chi connectivity index (χ0) is 10.0. The topological polar surface area (TPSA) is 43.8 Å². The van der Waals surface area contributed by atoms with Crippen LogP contribution < -0.4 is 5.73 Å². The summed E-state index contributed by atoms with van der Waals surface area (Å²) in [5, 5.41) is 0. The van der Waals surface area contributed by atoms with E-state index in [9.17, 15) is 0 Å². The summed E-state index contributed by atoms with van der Waals surface area (Å²) in [5.41, 5.74) is 6.11. The molecule has 1 aromatic rings. The van der Waals surface area contributed by atoms with Crippen LogP contribution in [0.2, 0.25) is 0 Å². The van der Waals surface area contributed by atoms with Gasteiger partial charge in [-0.3, -0.25) is 0 Å². The van der Waals surface area contributed by atoms with Gasteiger partial charge >= 0.3 is 0 Å². The van der Waals surface area contributed by atoms with E-state index in [0.717, 1.165) is 6.54 Å². The molecule has 78 valence electrons. The van der Waals surface area contributed by atoms with Crippen molar-refractivity contribution in [1.82, 2.24) is 9.55 Å². The highest BCUT2D eigenvalue weighted by Crippen LogP contribution is 2.37. The first-order chi connectivity index (χ1) is 6.78. The summed E-state index contributed by atoms with van der Waals surface area (Å²) in [7, 11) is 2.06. The Bertz CT molecular complexity index is 297. The van der Waals surface area contributed by atoms with E-state index in [4.69, 9.17) is 5.73 Å². The van der Waals surface area contributed by atoms with Gasteiger partial charge in [0.05, 0.1) is 0 Å². The lowest BCUT2D eigenvalue weighted by molar-refractivity contribution is 0.280. The van der Waals surface area contributed by atoms with E-state index in [-0.39, 0.29) is 5.41 Å². The van der Waals surface area contributed by atoms with Gasteiger partial charge in [-0.15, -0.1) is 0 Å². The fourth-order valence-electron chi connectivity index (χ4n) is 2.62. The van der Waals surface area contributed by atoms with Crippen LogP contribution in [0.5, 0.6) is 0 Å². The van der Waals surface area contributed by atoms with Gasteiger partial charge in [-0.1, -0.05) is 19.3 Å². The normalized spacial score (nSPS) is 21.0. The van der Waals surface area contributed by atoms with Crippen molar-refractivity contribution in [3.05, 3.63) is 18.2 Å². The molecule has 0 radical (unpaired) electrons. The van der Waals surface area contributed by atoms with Gasteiger partial charge in [0.25, 0.3) is 0 Å². The van der Waals surface area contributed by atoms with Crippen LogP contribution in [-0.4, -0.2) is 16.1 Å². The van der Waals surface area contributed by atoms with Crippen molar-refractivity contribution in [2.24, 2.45) is 12.8 Å². The molecule has 0 spiro atoms. The largest absolute Gasteiger partial charge is 0.338 e. The molecule has 1 fully saturated rings. The molecule has 0 amide bonds. The molecule has 1 heterocycles. The van der Waals surface area contributed by atoms with E-state index in [1.807, 2.05) is 12.4 Å². The highest BCUT2D eigenvalue weighted by atomic mass is 15.1. The van der Waals surface area contributed by atoms with Gasteiger partial charge in [-0.05, 0) is 12.8 Å². The standard InChI is InChI=1S/C11H19N3/c1-14-8-7-13-10(14)11(9-12)5-3-2-4-6-11/h7-8H,2-6,9,12H2,1H3. The third kappa shape index (κ3) is 1.46. The Hall–Kier alpha value is -0.830. The second-order valence-electron chi connectivity index (χ2n) is 4.41. The number of hydrogen-bond donors (Lipinski definition) is 1. The average Bonchev–Trinajstić information content (AvgIpc) is 2.66. The molecule has 14 heavy (non-hydrogen) atoms.